The zero-order valence-corrected chi connectivity index (χ0v) is 17.4. The molecular formula is C24H29NO4. The number of hydrogen-bond acceptors (Lipinski definition) is 5. The number of rotatable bonds is 4. The molecule has 1 aromatic carbocycles. The molecule has 5 nitrogen and oxygen atoms in total. The Labute approximate surface area is 172 Å². The Kier molecular flexibility index (Phi) is 5.34. The Bertz CT molecular complexity index is 875. The normalized spacial score (nSPS) is 26.2. The second kappa shape index (κ2) is 7.79. The van der Waals surface area contributed by atoms with Gasteiger partial charge in [-0.05, 0) is 37.2 Å². The highest BCUT2D eigenvalue weighted by molar-refractivity contribution is 6.04. The topological polar surface area (TPSA) is 64.6 Å². The van der Waals surface area contributed by atoms with Crippen LogP contribution in [0.15, 0.2) is 52.9 Å². The summed E-state index contributed by atoms with van der Waals surface area (Å²) in [6.45, 7) is 7.09. The lowest BCUT2D eigenvalue weighted by Crippen LogP contribution is -2.39. The highest BCUT2D eigenvalue weighted by Gasteiger charge is 2.43. The molecule has 2 aliphatic heterocycles. The summed E-state index contributed by atoms with van der Waals surface area (Å²) in [4.78, 5) is 26.3. The number of carbonyl (C=O) groups excluding carboxylic acids is 2. The van der Waals surface area contributed by atoms with Crippen LogP contribution >= 0.6 is 0 Å². The van der Waals surface area contributed by atoms with Crippen molar-refractivity contribution in [2.45, 2.75) is 58.5 Å². The number of dihydropyridines is 1. The average Bonchev–Trinajstić information content (AvgIpc) is 3.18. The first-order valence-electron chi connectivity index (χ1n) is 10.4. The molecule has 4 rings (SSSR count). The number of esters is 1. The second-order valence-electron chi connectivity index (χ2n) is 9.07. The van der Waals surface area contributed by atoms with E-state index in [9.17, 15) is 9.59 Å². The van der Waals surface area contributed by atoms with Crippen LogP contribution in [0, 0.1) is 5.41 Å². The van der Waals surface area contributed by atoms with Crippen LogP contribution in [0.4, 0.5) is 0 Å². The fourth-order valence-electron chi connectivity index (χ4n) is 4.71. The standard InChI is InChI=1S/C24H29NO4/c1-15-20(23(27)29-14-17-10-7-11-28-17)21(16-8-5-4-6-9-16)22-18(25-15)12-24(2,3)13-19(22)26/h4-6,8-9,17,21,25H,7,10-14H2,1-3H3/t17-,21-/m1/s1. The van der Waals surface area contributed by atoms with E-state index in [1.807, 2.05) is 37.3 Å². The molecule has 2 heterocycles. The smallest absolute Gasteiger partial charge is 0.336 e. The van der Waals surface area contributed by atoms with E-state index in [1.165, 1.54) is 0 Å². The van der Waals surface area contributed by atoms with Gasteiger partial charge < -0.3 is 14.8 Å². The lowest BCUT2D eigenvalue weighted by Gasteiger charge is -2.39. The van der Waals surface area contributed by atoms with E-state index in [4.69, 9.17) is 9.47 Å². The minimum Gasteiger partial charge on any atom is -0.459 e. The van der Waals surface area contributed by atoms with E-state index in [0.717, 1.165) is 42.8 Å². The zero-order valence-electron chi connectivity index (χ0n) is 17.4. The van der Waals surface area contributed by atoms with Gasteiger partial charge in [0, 0.05) is 35.9 Å². The van der Waals surface area contributed by atoms with Crippen LogP contribution in [0.25, 0.3) is 0 Å². The first kappa shape index (κ1) is 19.9. The lowest BCUT2D eigenvalue weighted by molar-refractivity contribution is -0.142. The highest BCUT2D eigenvalue weighted by atomic mass is 16.6. The van der Waals surface area contributed by atoms with E-state index in [0.29, 0.717) is 17.6 Å². The van der Waals surface area contributed by atoms with Crippen LogP contribution in [0.5, 0.6) is 0 Å². The molecule has 0 bridgehead atoms. The summed E-state index contributed by atoms with van der Waals surface area (Å²) in [7, 11) is 0. The third-order valence-electron chi connectivity index (χ3n) is 6.02. The second-order valence-corrected chi connectivity index (χ2v) is 9.07. The van der Waals surface area contributed by atoms with Crippen molar-refractivity contribution in [3.05, 3.63) is 58.4 Å². The van der Waals surface area contributed by atoms with Crippen molar-refractivity contribution < 1.29 is 19.1 Å². The quantitative estimate of drug-likeness (QED) is 0.781. The Balaban J connectivity index is 1.70. The van der Waals surface area contributed by atoms with Crippen LogP contribution in [0.2, 0.25) is 0 Å². The number of allylic oxidation sites excluding steroid dienone is 3. The fraction of sp³-hybridized carbons (Fsp3) is 0.500. The molecule has 2 atom stereocenters. The zero-order chi connectivity index (χ0) is 20.6. The number of Topliss-reactive ketones (excluding diaryl/α,β-unsaturated/α-hetero) is 1. The highest BCUT2D eigenvalue weighted by Crippen LogP contribution is 2.46. The number of hydrogen-bond donors (Lipinski definition) is 1. The molecule has 0 unspecified atom stereocenters. The summed E-state index contributed by atoms with van der Waals surface area (Å²) in [5.41, 5.74) is 3.79. The third kappa shape index (κ3) is 4.01. The van der Waals surface area contributed by atoms with Crippen molar-refractivity contribution >= 4 is 11.8 Å². The lowest BCUT2D eigenvalue weighted by atomic mass is 9.68. The molecule has 5 heteroatoms. The predicted molar refractivity (Wildman–Crippen MR) is 110 cm³/mol. The molecular weight excluding hydrogens is 366 g/mol. The number of carbonyl (C=O) groups is 2. The van der Waals surface area contributed by atoms with Crippen molar-refractivity contribution in [3.8, 4) is 0 Å². The van der Waals surface area contributed by atoms with Gasteiger partial charge in [0.25, 0.3) is 0 Å². The van der Waals surface area contributed by atoms with E-state index in [2.05, 4.69) is 19.2 Å². The van der Waals surface area contributed by atoms with Gasteiger partial charge in [-0.2, -0.15) is 0 Å². The molecule has 1 fully saturated rings. The van der Waals surface area contributed by atoms with Crippen LogP contribution in [-0.4, -0.2) is 31.1 Å². The van der Waals surface area contributed by atoms with Crippen molar-refractivity contribution in [2.24, 2.45) is 5.41 Å². The summed E-state index contributed by atoms with van der Waals surface area (Å²) in [5.74, 6) is -0.661. The monoisotopic (exact) mass is 395 g/mol. The van der Waals surface area contributed by atoms with Gasteiger partial charge >= 0.3 is 5.97 Å². The van der Waals surface area contributed by atoms with Crippen molar-refractivity contribution in [2.75, 3.05) is 13.2 Å². The van der Waals surface area contributed by atoms with Gasteiger partial charge in [0.15, 0.2) is 5.78 Å². The molecule has 1 aliphatic carbocycles. The van der Waals surface area contributed by atoms with Crippen LogP contribution in [0.1, 0.15) is 57.9 Å². The van der Waals surface area contributed by atoms with Crippen molar-refractivity contribution in [1.29, 1.82) is 0 Å². The fourth-order valence-corrected chi connectivity index (χ4v) is 4.71. The van der Waals surface area contributed by atoms with E-state index >= 15 is 0 Å². The number of nitrogens with one attached hydrogen (secondary N) is 1. The summed E-state index contributed by atoms with van der Waals surface area (Å²) in [6.07, 6.45) is 3.15. The molecule has 154 valence electrons. The van der Waals surface area contributed by atoms with Gasteiger partial charge in [-0.1, -0.05) is 44.2 Å². The maximum atomic E-state index is 13.2. The molecule has 0 spiro atoms. The molecule has 1 saturated heterocycles. The molecule has 1 aromatic rings. The summed E-state index contributed by atoms with van der Waals surface area (Å²) >= 11 is 0. The van der Waals surface area contributed by atoms with Gasteiger partial charge in [-0.25, -0.2) is 4.79 Å². The van der Waals surface area contributed by atoms with Crippen LogP contribution < -0.4 is 5.32 Å². The van der Waals surface area contributed by atoms with Gasteiger partial charge in [0.1, 0.15) is 6.61 Å². The maximum Gasteiger partial charge on any atom is 0.336 e. The Morgan fingerprint density at radius 1 is 1.24 bits per heavy atom. The van der Waals surface area contributed by atoms with Crippen molar-refractivity contribution in [1.82, 2.24) is 5.32 Å². The van der Waals surface area contributed by atoms with Crippen molar-refractivity contribution in [3.63, 3.8) is 0 Å². The summed E-state index contributed by atoms with van der Waals surface area (Å²) < 4.78 is 11.2. The van der Waals surface area contributed by atoms with E-state index in [-0.39, 0.29) is 29.9 Å². The minimum atomic E-state index is -0.395. The first-order valence-corrected chi connectivity index (χ1v) is 10.4. The molecule has 0 aromatic heterocycles. The average molecular weight is 395 g/mol. The third-order valence-corrected chi connectivity index (χ3v) is 6.02. The molecule has 0 radical (unpaired) electrons. The van der Waals surface area contributed by atoms with Gasteiger partial charge in [-0.15, -0.1) is 0 Å². The SMILES string of the molecule is CC1=C(C(=O)OC[C@H]2CCCO2)[C@@H](c2ccccc2)C2=C(CC(C)(C)CC2=O)N1. The minimum absolute atomic E-state index is 0.0292. The summed E-state index contributed by atoms with van der Waals surface area (Å²) in [6, 6.07) is 9.79. The molecule has 3 aliphatic rings. The van der Waals surface area contributed by atoms with Crippen LogP contribution in [-0.2, 0) is 19.1 Å². The number of ether oxygens (including phenoxy) is 2. The van der Waals surface area contributed by atoms with Crippen LogP contribution in [0.3, 0.4) is 0 Å². The number of ketones is 1. The van der Waals surface area contributed by atoms with Gasteiger partial charge in [-0.3, -0.25) is 4.79 Å². The largest absolute Gasteiger partial charge is 0.459 e. The van der Waals surface area contributed by atoms with Gasteiger partial charge in [0.05, 0.1) is 11.7 Å². The molecule has 0 saturated carbocycles. The number of benzene rings is 1. The Hall–Kier alpha value is -2.40. The molecule has 0 amide bonds. The summed E-state index contributed by atoms with van der Waals surface area (Å²) in [5, 5.41) is 3.37. The van der Waals surface area contributed by atoms with E-state index < -0.39 is 5.92 Å². The molecule has 29 heavy (non-hydrogen) atoms. The molecule has 1 N–H and O–H groups in total. The Morgan fingerprint density at radius 3 is 2.69 bits per heavy atom. The maximum absolute atomic E-state index is 13.2. The van der Waals surface area contributed by atoms with E-state index in [1.54, 1.807) is 0 Å². The Morgan fingerprint density at radius 2 is 2.00 bits per heavy atom. The first-order chi connectivity index (χ1) is 13.9. The predicted octanol–water partition coefficient (Wildman–Crippen LogP) is 4.01. The van der Waals surface area contributed by atoms with Gasteiger partial charge in [0.2, 0.25) is 0 Å².